The first-order chi connectivity index (χ1) is 14.3. The molecule has 6 heteroatoms. The Labute approximate surface area is 182 Å². The molecule has 1 saturated carbocycles. The summed E-state index contributed by atoms with van der Waals surface area (Å²) in [5.41, 5.74) is 2.03. The van der Waals surface area contributed by atoms with Crippen LogP contribution < -0.4 is 0 Å². The molecule has 1 aliphatic carbocycles. The van der Waals surface area contributed by atoms with Crippen LogP contribution in [0.5, 0.6) is 0 Å². The second kappa shape index (κ2) is 10.2. The van der Waals surface area contributed by atoms with E-state index < -0.39 is 0 Å². The van der Waals surface area contributed by atoms with Gasteiger partial charge >= 0.3 is 0 Å². The van der Waals surface area contributed by atoms with Crippen LogP contribution in [0.1, 0.15) is 49.1 Å². The number of benzene rings is 1. The van der Waals surface area contributed by atoms with Crippen LogP contribution in [0.25, 0.3) is 0 Å². The van der Waals surface area contributed by atoms with Gasteiger partial charge < -0.3 is 9.80 Å². The van der Waals surface area contributed by atoms with Crippen molar-refractivity contribution in [2.45, 2.75) is 53.1 Å². The highest BCUT2D eigenvalue weighted by Crippen LogP contribution is 2.29. The Morgan fingerprint density at radius 2 is 1.80 bits per heavy atom. The van der Waals surface area contributed by atoms with Crippen molar-refractivity contribution in [3.05, 3.63) is 57.5 Å². The molecule has 0 unspecified atom stereocenters. The van der Waals surface area contributed by atoms with E-state index in [1.54, 1.807) is 33.3 Å². The Morgan fingerprint density at radius 3 is 2.33 bits per heavy atom. The second-order valence-electron chi connectivity index (χ2n) is 8.64. The molecule has 4 nitrogen and oxygen atoms in total. The zero-order valence-electron chi connectivity index (χ0n) is 18.1. The van der Waals surface area contributed by atoms with Gasteiger partial charge in [-0.05, 0) is 60.4 Å². The van der Waals surface area contributed by atoms with Crippen LogP contribution in [-0.2, 0) is 22.7 Å². The lowest BCUT2D eigenvalue weighted by atomic mass is 9.84. The lowest BCUT2D eigenvalue weighted by Gasteiger charge is -2.34. The maximum absolute atomic E-state index is 13.3. The largest absolute Gasteiger partial charge is 0.333 e. The van der Waals surface area contributed by atoms with Gasteiger partial charge in [0.25, 0.3) is 0 Å². The number of aryl methyl sites for hydroxylation is 1. The third-order valence-corrected chi connectivity index (χ3v) is 6.63. The smallest absolute Gasteiger partial charge is 0.242 e. The predicted octanol–water partition coefficient (Wildman–Crippen LogP) is 5.01. The van der Waals surface area contributed by atoms with Crippen molar-refractivity contribution >= 4 is 23.2 Å². The van der Waals surface area contributed by atoms with Gasteiger partial charge in [0.05, 0.1) is 13.1 Å². The third kappa shape index (κ3) is 5.91. The van der Waals surface area contributed by atoms with Crippen molar-refractivity contribution < 1.29 is 14.0 Å². The number of carbonyl (C=O) groups is 2. The van der Waals surface area contributed by atoms with Crippen LogP contribution in [0, 0.1) is 24.6 Å². The highest BCUT2D eigenvalue weighted by atomic mass is 32.1. The van der Waals surface area contributed by atoms with Gasteiger partial charge in [-0.2, -0.15) is 0 Å². The van der Waals surface area contributed by atoms with Gasteiger partial charge in [-0.3, -0.25) is 9.59 Å². The molecule has 2 amide bonds. The molecule has 1 aliphatic rings. The molecule has 1 heterocycles. The molecule has 0 bridgehead atoms. The summed E-state index contributed by atoms with van der Waals surface area (Å²) in [6.07, 6.45) is 2.94. The first-order valence-corrected chi connectivity index (χ1v) is 11.6. The summed E-state index contributed by atoms with van der Waals surface area (Å²) in [5.74, 6) is 0.117. The van der Waals surface area contributed by atoms with Crippen molar-refractivity contribution in [3.63, 3.8) is 0 Å². The molecular weight excluding hydrogens is 399 g/mol. The Kier molecular flexibility index (Phi) is 7.64. The summed E-state index contributed by atoms with van der Waals surface area (Å²) in [6, 6.07) is 8.30. The Balaban J connectivity index is 1.77. The van der Waals surface area contributed by atoms with Crippen molar-refractivity contribution in [1.29, 1.82) is 0 Å². The fourth-order valence-corrected chi connectivity index (χ4v) is 4.55. The number of halogens is 1. The standard InChI is InChI=1S/C24H31FN2O2S/c1-17(2)13-27(24(29)20-5-4-6-20)16-23(28)26(15-22-18(3)11-12-30-22)14-19-7-9-21(25)10-8-19/h7-12,17,20H,4-6,13-16H2,1-3H3. The minimum Gasteiger partial charge on any atom is -0.333 e. The molecule has 0 N–H and O–H groups in total. The number of amides is 2. The monoisotopic (exact) mass is 430 g/mol. The molecule has 0 aliphatic heterocycles. The van der Waals surface area contributed by atoms with Crippen LogP contribution in [-0.4, -0.2) is 34.7 Å². The molecule has 3 rings (SSSR count). The number of rotatable bonds is 9. The van der Waals surface area contributed by atoms with Crippen LogP contribution in [0.15, 0.2) is 35.7 Å². The number of hydrogen-bond donors (Lipinski definition) is 0. The minimum atomic E-state index is -0.292. The molecule has 162 valence electrons. The van der Waals surface area contributed by atoms with Crippen molar-refractivity contribution in [2.24, 2.45) is 11.8 Å². The summed E-state index contributed by atoms with van der Waals surface area (Å²) in [7, 11) is 0. The Hall–Kier alpha value is -2.21. The molecule has 0 radical (unpaired) electrons. The van der Waals surface area contributed by atoms with E-state index in [-0.39, 0.29) is 30.1 Å². The summed E-state index contributed by atoms with van der Waals surface area (Å²) in [6.45, 7) is 7.74. The third-order valence-electron chi connectivity index (χ3n) is 5.62. The van der Waals surface area contributed by atoms with Crippen LogP contribution in [0.3, 0.4) is 0 Å². The molecule has 1 fully saturated rings. The molecular formula is C24H31FN2O2S. The van der Waals surface area contributed by atoms with Crippen LogP contribution >= 0.6 is 11.3 Å². The SMILES string of the molecule is Cc1ccsc1CN(Cc1ccc(F)cc1)C(=O)CN(CC(C)C)C(=O)C1CCC1. The average Bonchev–Trinajstić information content (AvgIpc) is 3.05. The molecule has 0 spiro atoms. The highest BCUT2D eigenvalue weighted by Gasteiger charge is 2.31. The predicted molar refractivity (Wildman–Crippen MR) is 118 cm³/mol. The number of hydrogen-bond acceptors (Lipinski definition) is 3. The van der Waals surface area contributed by atoms with Crippen LogP contribution in [0.2, 0.25) is 0 Å². The van der Waals surface area contributed by atoms with Crippen molar-refractivity contribution in [1.82, 2.24) is 9.80 Å². The van der Waals surface area contributed by atoms with Gasteiger partial charge in [-0.25, -0.2) is 4.39 Å². The van der Waals surface area contributed by atoms with Gasteiger partial charge in [0.15, 0.2) is 0 Å². The first kappa shape index (κ1) is 22.5. The van der Waals surface area contributed by atoms with Crippen LogP contribution in [0.4, 0.5) is 4.39 Å². The van der Waals surface area contributed by atoms with E-state index in [1.165, 1.54) is 12.1 Å². The summed E-state index contributed by atoms with van der Waals surface area (Å²) < 4.78 is 13.3. The fourth-order valence-electron chi connectivity index (χ4n) is 3.63. The topological polar surface area (TPSA) is 40.6 Å². The van der Waals surface area contributed by atoms with Crippen molar-refractivity contribution in [2.75, 3.05) is 13.1 Å². The Bertz CT molecular complexity index is 858. The lowest BCUT2D eigenvalue weighted by molar-refractivity contribution is -0.145. The average molecular weight is 431 g/mol. The molecule has 0 atom stereocenters. The minimum absolute atomic E-state index is 0.0690. The summed E-state index contributed by atoms with van der Waals surface area (Å²) in [5, 5.41) is 2.02. The van der Waals surface area contributed by atoms with Gasteiger partial charge in [0.1, 0.15) is 5.82 Å². The van der Waals surface area contributed by atoms with E-state index in [9.17, 15) is 14.0 Å². The summed E-state index contributed by atoms with van der Waals surface area (Å²) in [4.78, 5) is 30.9. The molecule has 1 aromatic heterocycles. The van der Waals surface area contributed by atoms with Crippen molar-refractivity contribution in [3.8, 4) is 0 Å². The van der Waals surface area contributed by atoms with E-state index in [0.717, 1.165) is 35.3 Å². The number of nitrogens with zero attached hydrogens (tertiary/aromatic N) is 2. The van der Waals surface area contributed by atoms with Gasteiger partial charge in [0, 0.05) is 23.9 Å². The van der Waals surface area contributed by atoms with Gasteiger partial charge in [-0.1, -0.05) is 32.4 Å². The number of thiophene rings is 1. The lowest BCUT2D eigenvalue weighted by Crippen LogP contribution is -2.47. The first-order valence-electron chi connectivity index (χ1n) is 10.7. The summed E-state index contributed by atoms with van der Waals surface area (Å²) >= 11 is 1.63. The molecule has 2 aromatic rings. The molecule has 30 heavy (non-hydrogen) atoms. The van der Waals surface area contributed by atoms with E-state index in [1.807, 2.05) is 18.4 Å². The Morgan fingerprint density at radius 1 is 1.10 bits per heavy atom. The maximum atomic E-state index is 13.3. The normalized spacial score (nSPS) is 13.9. The van der Waals surface area contributed by atoms with E-state index in [2.05, 4.69) is 13.8 Å². The number of carbonyl (C=O) groups excluding carboxylic acids is 2. The van der Waals surface area contributed by atoms with E-state index in [0.29, 0.717) is 25.6 Å². The highest BCUT2D eigenvalue weighted by molar-refractivity contribution is 7.10. The second-order valence-corrected chi connectivity index (χ2v) is 9.64. The quantitative estimate of drug-likeness (QED) is 0.561. The van der Waals surface area contributed by atoms with E-state index >= 15 is 0 Å². The fraction of sp³-hybridized carbons (Fsp3) is 0.500. The molecule has 1 aromatic carbocycles. The zero-order chi connectivity index (χ0) is 21.7. The van der Waals surface area contributed by atoms with Gasteiger partial charge in [0.2, 0.25) is 11.8 Å². The van der Waals surface area contributed by atoms with E-state index in [4.69, 9.17) is 0 Å². The molecule has 0 saturated heterocycles. The maximum Gasteiger partial charge on any atom is 0.242 e. The van der Waals surface area contributed by atoms with Gasteiger partial charge in [-0.15, -0.1) is 11.3 Å². The zero-order valence-corrected chi connectivity index (χ0v) is 18.9.